The van der Waals surface area contributed by atoms with Gasteiger partial charge in [0.05, 0.1) is 6.20 Å². The van der Waals surface area contributed by atoms with Gasteiger partial charge in [-0.15, -0.1) is 0 Å². The van der Waals surface area contributed by atoms with Gasteiger partial charge in [0.15, 0.2) is 0 Å². The molecule has 24 heavy (non-hydrogen) atoms. The fourth-order valence-corrected chi connectivity index (χ4v) is 3.27. The molecule has 128 valence electrons. The molecule has 1 heterocycles. The van der Waals surface area contributed by atoms with E-state index in [1.807, 2.05) is 31.5 Å². The predicted octanol–water partition coefficient (Wildman–Crippen LogP) is 3.78. The van der Waals surface area contributed by atoms with E-state index in [1.54, 1.807) is 6.20 Å². The van der Waals surface area contributed by atoms with Crippen molar-refractivity contribution in [1.82, 2.24) is 9.78 Å². The monoisotopic (exact) mass is 326 g/mol. The SMILES string of the molecule is CC(Nc1cccc2c1CCCC2)C(=O)Nc1ccnn1C(C)C. The van der Waals surface area contributed by atoms with E-state index in [4.69, 9.17) is 0 Å². The summed E-state index contributed by atoms with van der Waals surface area (Å²) in [5.74, 6) is 0.685. The molecule has 0 saturated heterocycles. The molecule has 5 nitrogen and oxygen atoms in total. The highest BCUT2D eigenvalue weighted by Crippen LogP contribution is 2.28. The van der Waals surface area contributed by atoms with Crippen LogP contribution in [0.5, 0.6) is 0 Å². The van der Waals surface area contributed by atoms with E-state index in [0.717, 1.165) is 24.3 Å². The molecule has 1 atom stereocenters. The Morgan fingerprint density at radius 1 is 1.17 bits per heavy atom. The molecule has 1 aromatic heterocycles. The maximum atomic E-state index is 12.5. The number of benzene rings is 1. The number of hydrogen-bond acceptors (Lipinski definition) is 3. The molecule has 0 spiro atoms. The molecule has 1 aliphatic rings. The van der Waals surface area contributed by atoms with Crippen molar-refractivity contribution >= 4 is 17.4 Å². The van der Waals surface area contributed by atoms with Crippen LogP contribution in [-0.4, -0.2) is 21.7 Å². The number of hydrogen-bond donors (Lipinski definition) is 2. The second-order valence-corrected chi connectivity index (χ2v) is 6.76. The Morgan fingerprint density at radius 2 is 1.96 bits per heavy atom. The number of nitrogens with zero attached hydrogens (tertiary/aromatic N) is 2. The zero-order valence-electron chi connectivity index (χ0n) is 14.7. The number of amides is 1. The lowest BCUT2D eigenvalue weighted by molar-refractivity contribution is -0.116. The van der Waals surface area contributed by atoms with Gasteiger partial charge in [-0.1, -0.05) is 12.1 Å². The van der Waals surface area contributed by atoms with Crippen LogP contribution >= 0.6 is 0 Å². The maximum Gasteiger partial charge on any atom is 0.247 e. The summed E-state index contributed by atoms with van der Waals surface area (Å²) in [7, 11) is 0. The Labute approximate surface area is 143 Å². The third kappa shape index (κ3) is 3.45. The number of anilines is 2. The summed E-state index contributed by atoms with van der Waals surface area (Å²) in [6.45, 7) is 5.98. The third-order valence-electron chi connectivity index (χ3n) is 4.57. The molecule has 5 heteroatoms. The summed E-state index contributed by atoms with van der Waals surface area (Å²) >= 11 is 0. The first kappa shape index (κ1) is 16.6. The highest BCUT2D eigenvalue weighted by molar-refractivity contribution is 5.95. The van der Waals surface area contributed by atoms with Crippen LogP contribution in [0.3, 0.4) is 0 Å². The zero-order valence-corrected chi connectivity index (χ0v) is 14.7. The van der Waals surface area contributed by atoms with Crippen molar-refractivity contribution in [3.63, 3.8) is 0 Å². The highest BCUT2D eigenvalue weighted by Gasteiger charge is 2.19. The molecule has 0 saturated carbocycles. The Balaban J connectivity index is 1.70. The van der Waals surface area contributed by atoms with Gasteiger partial charge in [-0.05, 0) is 63.6 Å². The number of fused-ring (bicyclic) bond motifs is 1. The zero-order chi connectivity index (χ0) is 17.1. The van der Waals surface area contributed by atoms with Gasteiger partial charge in [0.1, 0.15) is 11.9 Å². The largest absolute Gasteiger partial charge is 0.374 e. The van der Waals surface area contributed by atoms with Crippen LogP contribution in [0.25, 0.3) is 0 Å². The van der Waals surface area contributed by atoms with E-state index in [2.05, 4.69) is 33.9 Å². The van der Waals surface area contributed by atoms with Crippen molar-refractivity contribution < 1.29 is 4.79 Å². The van der Waals surface area contributed by atoms with Crippen LogP contribution in [0.2, 0.25) is 0 Å². The Kier molecular flexibility index (Phi) is 4.88. The molecular weight excluding hydrogens is 300 g/mol. The van der Waals surface area contributed by atoms with Gasteiger partial charge >= 0.3 is 0 Å². The highest BCUT2D eigenvalue weighted by atomic mass is 16.2. The van der Waals surface area contributed by atoms with Gasteiger partial charge in [0.2, 0.25) is 5.91 Å². The van der Waals surface area contributed by atoms with Crippen molar-refractivity contribution in [3.05, 3.63) is 41.6 Å². The topological polar surface area (TPSA) is 59.0 Å². The second-order valence-electron chi connectivity index (χ2n) is 6.76. The lowest BCUT2D eigenvalue weighted by Crippen LogP contribution is -2.33. The Hall–Kier alpha value is -2.30. The van der Waals surface area contributed by atoms with Crippen molar-refractivity contribution in [3.8, 4) is 0 Å². The van der Waals surface area contributed by atoms with E-state index in [1.165, 1.54) is 24.0 Å². The number of rotatable bonds is 5. The fraction of sp³-hybridized carbons (Fsp3) is 0.474. The molecule has 0 aliphatic heterocycles. The molecule has 0 radical (unpaired) electrons. The summed E-state index contributed by atoms with van der Waals surface area (Å²) in [4.78, 5) is 12.5. The van der Waals surface area contributed by atoms with Crippen LogP contribution < -0.4 is 10.6 Å². The average Bonchev–Trinajstić information content (AvgIpc) is 3.03. The van der Waals surface area contributed by atoms with Crippen molar-refractivity contribution in [2.45, 2.75) is 58.5 Å². The molecule has 1 amide bonds. The summed E-state index contributed by atoms with van der Waals surface area (Å²) in [6, 6.07) is 8.08. The smallest absolute Gasteiger partial charge is 0.247 e. The van der Waals surface area contributed by atoms with Gasteiger partial charge < -0.3 is 10.6 Å². The number of carbonyl (C=O) groups is 1. The average molecular weight is 326 g/mol. The van der Waals surface area contributed by atoms with E-state index in [9.17, 15) is 4.79 Å². The van der Waals surface area contributed by atoms with Crippen LogP contribution in [0.4, 0.5) is 11.5 Å². The number of carbonyl (C=O) groups excluding carboxylic acids is 1. The Morgan fingerprint density at radius 3 is 2.75 bits per heavy atom. The van der Waals surface area contributed by atoms with Crippen molar-refractivity contribution in [1.29, 1.82) is 0 Å². The van der Waals surface area contributed by atoms with Gasteiger partial charge in [0, 0.05) is 17.8 Å². The first-order valence-electron chi connectivity index (χ1n) is 8.78. The van der Waals surface area contributed by atoms with Gasteiger partial charge in [-0.2, -0.15) is 5.10 Å². The van der Waals surface area contributed by atoms with E-state index in [0.29, 0.717) is 0 Å². The number of nitrogens with one attached hydrogen (secondary N) is 2. The summed E-state index contributed by atoms with van der Waals surface area (Å²) < 4.78 is 1.81. The van der Waals surface area contributed by atoms with E-state index >= 15 is 0 Å². The first-order chi connectivity index (χ1) is 11.6. The molecule has 3 rings (SSSR count). The minimum absolute atomic E-state index is 0.0502. The standard InChI is InChI=1S/C19H26N4O/c1-13(2)23-18(11-12-20-23)22-19(24)14(3)21-17-10-6-8-15-7-4-5-9-16(15)17/h6,8,10-14,21H,4-5,7,9H2,1-3H3,(H,22,24). The lowest BCUT2D eigenvalue weighted by atomic mass is 9.90. The quantitative estimate of drug-likeness (QED) is 0.879. The normalized spacial score (nSPS) is 15.0. The fourth-order valence-electron chi connectivity index (χ4n) is 3.27. The van der Waals surface area contributed by atoms with Crippen LogP contribution in [0.1, 0.15) is 50.8 Å². The summed E-state index contributed by atoms with van der Waals surface area (Å²) in [6.07, 6.45) is 6.42. The minimum Gasteiger partial charge on any atom is -0.374 e. The summed E-state index contributed by atoms with van der Waals surface area (Å²) in [5.41, 5.74) is 3.87. The molecule has 1 unspecified atom stereocenters. The first-order valence-corrected chi connectivity index (χ1v) is 8.78. The molecular formula is C19H26N4O. The van der Waals surface area contributed by atoms with Crippen LogP contribution in [0.15, 0.2) is 30.5 Å². The molecule has 2 N–H and O–H groups in total. The van der Waals surface area contributed by atoms with Crippen LogP contribution in [0, 0.1) is 0 Å². The van der Waals surface area contributed by atoms with Gasteiger partial charge in [0.25, 0.3) is 0 Å². The predicted molar refractivity (Wildman–Crippen MR) is 97.4 cm³/mol. The van der Waals surface area contributed by atoms with Gasteiger partial charge in [-0.3, -0.25) is 4.79 Å². The van der Waals surface area contributed by atoms with E-state index < -0.39 is 0 Å². The second kappa shape index (κ2) is 7.07. The van der Waals surface area contributed by atoms with Crippen LogP contribution in [-0.2, 0) is 17.6 Å². The molecule has 2 aromatic rings. The maximum absolute atomic E-state index is 12.5. The lowest BCUT2D eigenvalue weighted by Gasteiger charge is -2.23. The Bertz CT molecular complexity index is 720. The molecule has 1 aromatic carbocycles. The summed E-state index contributed by atoms with van der Waals surface area (Å²) in [5, 5.41) is 10.6. The van der Waals surface area contributed by atoms with Crippen molar-refractivity contribution in [2.75, 3.05) is 10.6 Å². The minimum atomic E-state index is -0.311. The van der Waals surface area contributed by atoms with Crippen molar-refractivity contribution in [2.24, 2.45) is 0 Å². The molecule has 1 aliphatic carbocycles. The number of aryl methyl sites for hydroxylation is 1. The third-order valence-corrected chi connectivity index (χ3v) is 4.57. The van der Waals surface area contributed by atoms with Gasteiger partial charge in [-0.25, -0.2) is 4.68 Å². The van der Waals surface area contributed by atoms with E-state index in [-0.39, 0.29) is 18.0 Å². The molecule has 0 fully saturated rings. The molecule has 0 bridgehead atoms. The number of aromatic nitrogens is 2.